The Bertz CT molecular complexity index is 524. The summed E-state index contributed by atoms with van der Waals surface area (Å²) >= 11 is 10.5. The summed E-state index contributed by atoms with van der Waals surface area (Å²) in [5, 5.41) is 4.23. The fraction of sp³-hybridized carbons (Fsp3) is 0.588. The molecule has 0 aliphatic rings. The molecule has 0 atom stereocenters. The standard InChI is InChI=1S/C11H22O.C6H2Br2S2/c1-3-4-5-6-7-8-9-10-11(2)12;7-3-1-9-6-4(8)2-10-5(3)6/h3-10H2,1-2H3;1-2H. The maximum Gasteiger partial charge on any atom is 0.129 e. The second-order valence-electron chi connectivity index (χ2n) is 5.40. The highest BCUT2D eigenvalue weighted by molar-refractivity contribution is 9.11. The lowest BCUT2D eigenvalue weighted by Gasteiger charge is -1.98. The number of hydrogen-bond acceptors (Lipinski definition) is 3. The highest BCUT2D eigenvalue weighted by Gasteiger charge is 2.05. The van der Waals surface area contributed by atoms with Gasteiger partial charge in [-0.15, -0.1) is 22.7 Å². The molecule has 2 heterocycles. The molecule has 0 aliphatic carbocycles. The minimum Gasteiger partial charge on any atom is -0.300 e. The van der Waals surface area contributed by atoms with Crippen LogP contribution in [0.15, 0.2) is 19.7 Å². The number of rotatable bonds is 8. The summed E-state index contributed by atoms with van der Waals surface area (Å²) in [6.07, 6.45) is 9.84. The average molecular weight is 468 g/mol. The van der Waals surface area contributed by atoms with E-state index >= 15 is 0 Å². The molecule has 0 unspecified atom stereocenters. The van der Waals surface area contributed by atoms with E-state index < -0.39 is 0 Å². The Morgan fingerprint density at radius 1 is 0.909 bits per heavy atom. The van der Waals surface area contributed by atoms with Crippen molar-refractivity contribution in [3.63, 3.8) is 0 Å². The number of carbonyl (C=O) groups excluding carboxylic acids is 1. The second-order valence-corrected chi connectivity index (χ2v) is 8.87. The molecule has 0 spiro atoms. The van der Waals surface area contributed by atoms with Gasteiger partial charge in [0.15, 0.2) is 0 Å². The third-order valence-electron chi connectivity index (χ3n) is 3.33. The lowest BCUT2D eigenvalue weighted by molar-refractivity contribution is -0.117. The number of thiophene rings is 2. The largest absolute Gasteiger partial charge is 0.300 e. The maximum absolute atomic E-state index is 10.6. The third kappa shape index (κ3) is 7.71. The van der Waals surface area contributed by atoms with Gasteiger partial charge in [0.05, 0.1) is 9.40 Å². The molecule has 0 radical (unpaired) electrons. The van der Waals surface area contributed by atoms with Gasteiger partial charge >= 0.3 is 0 Å². The number of Topliss-reactive ketones (excluding diaryl/α,β-unsaturated/α-hetero) is 1. The number of halogens is 2. The van der Waals surface area contributed by atoms with Crippen LogP contribution in [0.4, 0.5) is 0 Å². The normalized spacial score (nSPS) is 10.5. The molecule has 2 aromatic heterocycles. The summed E-state index contributed by atoms with van der Waals surface area (Å²) in [6, 6.07) is 0. The van der Waals surface area contributed by atoms with Gasteiger partial charge in [-0.25, -0.2) is 0 Å². The van der Waals surface area contributed by atoms with Crippen LogP contribution in [0.3, 0.4) is 0 Å². The van der Waals surface area contributed by atoms with Crippen molar-refractivity contribution in [3.8, 4) is 0 Å². The number of unbranched alkanes of at least 4 members (excludes halogenated alkanes) is 6. The SMILES string of the molecule is Brc1csc2c(Br)csc12.CCCCCCCCCC(C)=O. The molecule has 2 aromatic rings. The summed E-state index contributed by atoms with van der Waals surface area (Å²) in [4.78, 5) is 10.6. The van der Waals surface area contributed by atoms with Crippen molar-refractivity contribution in [2.45, 2.75) is 65.2 Å². The smallest absolute Gasteiger partial charge is 0.129 e. The van der Waals surface area contributed by atoms with Gasteiger partial charge in [-0.05, 0) is 45.2 Å². The second kappa shape index (κ2) is 11.8. The molecule has 0 bridgehead atoms. The van der Waals surface area contributed by atoms with E-state index in [9.17, 15) is 4.79 Å². The van der Waals surface area contributed by atoms with Crippen LogP contribution >= 0.6 is 54.5 Å². The number of ketones is 1. The van der Waals surface area contributed by atoms with Crippen molar-refractivity contribution in [2.75, 3.05) is 0 Å². The van der Waals surface area contributed by atoms with Gasteiger partial charge in [-0.2, -0.15) is 0 Å². The zero-order valence-electron chi connectivity index (χ0n) is 13.3. The summed E-state index contributed by atoms with van der Waals surface area (Å²) in [6.45, 7) is 3.91. The maximum atomic E-state index is 10.6. The van der Waals surface area contributed by atoms with Crippen LogP contribution < -0.4 is 0 Å². The predicted octanol–water partition coefficient (Wildman–Crippen LogP) is 8.20. The van der Waals surface area contributed by atoms with Gasteiger partial charge in [-0.3, -0.25) is 0 Å². The zero-order valence-corrected chi connectivity index (χ0v) is 18.1. The van der Waals surface area contributed by atoms with Crippen molar-refractivity contribution in [1.82, 2.24) is 0 Å². The van der Waals surface area contributed by atoms with Crippen molar-refractivity contribution in [3.05, 3.63) is 19.7 Å². The highest BCUT2D eigenvalue weighted by atomic mass is 79.9. The first kappa shape index (κ1) is 20.3. The Morgan fingerprint density at radius 3 is 1.82 bits per heavy atom. The first-order chi connectivity index (χ1) is 10.6. The minimum absolute atomic E-state index is 0.337. The Kier molecular flexibility index (Phi) is 10.9. The Labute approximate surface area is 158 Å². The molecular weight excluding hydrogens is 444 g/mol. The van der Waals surface area contributed by atoms with E-state index in [4.69, 9.17) is 0 Å². The molecular formula is C17H24Br2OS2. The Balaban J connectivity index is 0.000000222. The summed E-state index contributed by atoms with van der Waals surface area (Å²) < 4.78 is 5.11. The lowest BCUT2D eigenvalue weighted by atomic mass is 10.1. The lowest BCUT2D eigenvalue weighted by Crippen LogP contribution is -1.89. The molecule has 0 N–H and O–H groups in total. The monoisotopic (exact) mass is 466 g/mol. The number of fused-ring (bicyclic) bond motifs is 1. The highest BCUT2D eigenvalue weighted by Crippen LogP contribution is 2.39. The summed E-state index contributed by atoms with van der Waals surface area (Å²) in [5.41, 5.74) is 0. The van der Waals surface area contributed by atoms with Crippen LogP contribution in [0.25, 0.3) is 9.40 Å². The Morgan fingerprint density at radius 2 is 1.36 bits per heavy atom. The Hall–Kier alpha value is 0.290. The van der Waals surface area contributed by atoms with E-state index in [0.717, 1.165) is 12.8 Å². The van der Waals surface area contributed by atoms with Gasteiger partial charge in [-0.1, -0.05) is 45.4 Å². The first-order valence-corrected chi connectivity index (χ1v) is 11.2. The molecule has 0 saturated heterocycles. The van der Waals surface area contributed by atoms with Crippen LogP contribution in [0.5, 0.6) is 0 Å². The van der Waals surface area contributed by atoms with Crippen molar-refractivity contribution in [2.24, 2.45) is 0 Å². The molecule has 0 amide bonds. The molecule has 0 saturated carbocycles. The molecule has 0 aliphatic heterocycles. The van der Waals surface area contributed by atoms with Crippen LogP contribution in [-0.4, -0.2) is 5.78 Å². The fourth-order valence-electron chi connectivity index (χ4n) is 2.10. The van der Waals surface area contributed by atoms with E-state index in [2.05, 4.69) is 49.5 Å². The first-order valence-electron chi connectivity index (χ1n) is 7.85. The van der Waals surface area contributed by atoms with Gasteiger partial charge in [0.25, 0.3) is 0 Å². The van der Waals surface area contributed by atoms with E-state index in [-0.39, 0.29) is 0 Å². The fourth-order valence-corrected chi connectivity index (χ4v) is 5.77. The number of carbonyl (C=O) groups is 1. The van der Waals surface area contributed by atoms with Gasteiger partial charge < -0.3 is 4.79 Å². The molecule has 0 fully saturated rings. The van der Waals surface area contributed by atoms with Crippen LogP contribution in [0, 0.1) is 0 Å². The predicted molar refractivity (Wildman–Crippen MR) is 108 cm³/mol. The topological polar surface area (TPSA) is 17.1 Å². The molecule has 0 aromatic carbocycles. The third-order valence-corrected chi connectivity index (χ3v) is 7.87. The van der Waals surface area contributed by atoms with Gasteiger partial charge in [0.1, 0.15) is 5.78 Å². The molecule has 22 heavy (non-hydrogen) atoms. The van der Waals surface area contributed by atoms with Crippen LogP contribution in [0.1, 0.15) is 65.2 Å². The molecule has 1 nitrogen and oxygen atoms in total. The van der Waals surface area contributed by atoms with Crippen molar-refractivity contribution < 1.29 is 4.79 Å². The summed E-state index contributed by atoms with van der Waals surface area (Å²) in [7, 11) is 0. The van der Waals surface area contributed by atoms with Gasteiger partial charge in [0.2, 0.25) is 0 Å². The average Bonchev–Trinajstić information content (AvgIpc) is 3.03. The molecule has 5 heteroatoms. The summed E-state index contributed by atoms with van der Waals surface area (Å²) in [5.74, 6) is 0.337. The van der Waals surface area contributed by atoms with E-state index in [0.29, 0.717) is 5.78 Å². The van der Waals surface area contributed by atoms with Crippen LogP contribution in [0.2, 0.25) is 0 Å². The number of hydrogen-bond donors (Lipinski definition) is 0. The van der Waals surface area contributed by atoms with E-state index in [1.54, 1.807) is 29.6 Å². The van der Waals surface area contributed by atoms with Gasteiger partial charge in [0, 0.05) is 26.1 Å². The van der Waals surface area contributed by atoms with E-state index in [1.807, 2.05) is 0 Å². The minimum atomic E-state index is 0.337. The quantitative estimate of drug-likeness (QED) is 0.357. The molecule has 2 rings (SSSR count). The zero-order chi connectivity index (χ0) is 16.4. The van der Waals surface area contributed by atoms with Crippen molar-refractivity contribution >= 4 is 69.7 Å². The molecule has 124 valence electrons. The van der Waals surface area contributed by atoms with Crippen molar-refractivity contribution in [1.29, 1.82) is 0 Å². The van der Waals surface area contributed by atoms with E-state index in [1.165, 1.54) is 56.9 Å². The van der Waals surface area contributed by atoms with Crippen LogP contribution in [-0.2, 0) is 4.79 Å².